The van der Waals surface area contributed by atoms with Gasteiger partial charge in [-0.15, -0.1) is 0 Å². The molecule has 10 heavy (non-hydrogen) atoms. The van der Waals surface area contributed by atoms with Crippen molar-refractivity contribution in [2.45, 2.75) is 18.2 Å². The third kappa shape index (κ3) is 2.40. The van der Waals surface area contributed by atoms with Gasteiger partial charge in [0, 0.05) is 0 Å². The maximum Gasteiger partial charge on any atom is 0.151 e. The van der Waals surface area contributed by atoms with Crippen LogP contribution in [0.15, 0.2) is 0 Å². The number of aliphatic hydroxyl groups is 4. The molecule has 0 aliphatic rings. The molecule has 0 fully saturated rings. The van der Waals surface area contributed by atoms with Crippen LogP contribution in [0.3, 0.4) is 0 Å². The highest BCUT2D eigenvalue weighted by atomic mass is 16.4. The molecule has 0 spiro atoms. The van der Waals surface area contributed by atoms with Gasteiger partial charge >= 0.3 is 0 Å². The smallest absolute Gasteiger partial charge is 0.151 e. The van der Waals surface area contributed by atoms with Crippen molar-refractivity contribution in [2.24, 2.45) is 0 Å². The molecule has 0 heterocycles. The Bertz CT molecular complexity index is 238. The summed E-state index contributed by atoms with van der Waals surface area (Å²) in [5, 5.41) is 35.2. The van der Waals surface area contributed by atoms with Gasteiger partial charge in [0.15, 0.2) is 6.26 Å². The molecule has 0 aliphatic carbocycles. The van der Waals surface area contributed by atoms with E-state index in [-0.39, 0.29) is 0 Å². The van der Waals surface area contributed by atoms with Gasteiger partial charge in [0.25, 0.3) is 0 Å². The monoisotopic (exact) mass is 154 g/mol. The molecule has 0 saturated heterocycles. The van der Waals surface area contributed by atoms with E-state index in [0.29, 0.717) is 0 Å². The van der Waals surface area contributed by atoms with Crippen LogP contribution in [0.4, 0.5) is 0 Å². The summed E-state index contributed by atoms with van der Waals surface area (Å²) < 4.78 is 26.7. The first-order valence-corrected chi connectivity index (χ1v) is 2.29. The standard InChI is InChI=1S/C5H10O5/c6-1-3(8)5(10)4(9)2-7/h1,3-5,7-10H,2H2/t3-,4+,5+/m0/s1/i1D,3D,4D,5D. The SMILES string of the molecule is [2H]C(=O)[C@]([2H])(O)[C@@]([2H])(O)[C@]([2H])(O)CO. The second-order valence-electron chi connectivity index (χ2n) is 1.40. The number of carbonyl (C=O) groups is 1. The molecule has 0 aromatic rings. The summed E-state index contributed by atoms with van der Waals surface area (Å²) >= 11 is 0. The van der Waals surface area contributed by atoms with Crippen LogP contribution in [0.1, 0.15) is 5.48 Å². The van der Waals surface area contributed by atoms with Gasteiger partial charge in [-0.1, -0.05) is 0 Å². The summed E-state index contributed by atoms with van der Waals surface area (Å²) in [7, 11) is 0. The fourth-order valence-corrected chi connectivity index (χ4v) is 0.260. The highest BCUT2D eigenvalue weighted by Gasteiger charge is 2.22. The Morgan fingerprint density at radius 2 is 2.10 bits per heavy atom. The van der Waals surface area contributed by atoms with Gasteiger partial charge in [-0.2, -0.15) is 0 Å². The zero-order valence-electron chi connectivity index (χ0n) is 8.90. The predicted molar refractivity (Wildman–Crippen MR) is 31.2 cm³/mol. The van der Waals surface area contributed by atoms with E-state index in [2.05, 4.69) is 0 Å². The zero-order chi connectivity index (χ0) is 11.8. The largest absolute Gasteiger partial charge is 0.394 e. The molecule has 0 unspecified atom stereocenters. The van der Waals surface area contributed by atoms with Crippen LogP contribution in [-0.4, -0.2) is 51.5 Å². The zero-order valence-corrected chi connectivity index (χ0v) is 4.90. The van der Waals surface area contributed by atoms with Gasteiger partial charge < -0.3 is 25.2 Å². The summed E-state index contributed by atoms with van der Waals surface area (Å²) in [5.74, 6) is 0. The Morgan fingerprint density at radius 1 is 1.60 bits per heavy atom. The number of hydrogen-bond acceptors (Lipinski definition) is 5. The second-order valence-corrected chi connectivity index (χ2v) is 1.40. The molecule has 0 aromatic carbocycles. The highest BCUT2D eigenvalue weighted by Crippen LogP contribution is 1.96. The van der Waals surface area contributed by atoms with Gasteiger partial charge in [0.05, 0.1) is 10.7 Å². The number of hydrogen-bond donors (Lipinski definition) is 4. The lowest BCUT2D eigenvalue weighted by Gasteiger charge is -2.16. The van der Waals surface area contributed by atoms with E-state index < -0.39 is 31.1 Å². The van der Waals surface area contributed by atoms with E-state index in [1.807, 2.05) is 0 Å². The van der Waals surface area contributed by atoms with Crippen molar-refractivity contribution in [3.05, 3.63) is 0 Å². The van der Waals surface area contributed by atoms with Gasteiger partial charge in [-0.05, 0) is 0 Å². The molecule has 0 rings (SSSR count). The van der Waals surface area contributed by atoms with Crippen molar-refractivity contribution in [1.29, 1.82) is 0 Å². The molecule has 0 aromatic heterocycles. The van der Waals surface area contributed by atoms with Crippen molar-refractivity contribution < 1.29 is 30.7 Å². The average Bonchev–Trinajstić information content (AvgIpc) is 2.03. The first-order chi connectivity index (χ1) is 6.00. The first kappa shape index (κ1) is 4.40. The highest BCUT2D eigenvalue weighted by molar-refractivity contribution is 5.56. The summed E-state index contributed by atoms with van der Waals surface area (Å²) in [5.41, 5.74) is 0. The van der Waals surface area contributed by atoms with Gasteiger partial charge in [-0.3, -0.25) is 0 Å². The van der Waals surface area contributed by atoms with Crippen molar-refractivity contribution >= 4 is 6.26 Å². The lowest BCUT2D eigenvalue weighted by molar-refractivity contribution is -0.127. The van der Waals surface area contributed by atoms with Crippen LogP contribution in [0.25, 0.3) is 0 Å². The molecule has 3 atom stereocenters. The lowest BCUT2D eigenvalue weighted by Crippen LogP contribution is -2.40. The Kier molecular flexibility index (Phi) is 1.91. The van der Waals surface area contributed by atoms with Crippen LogP contribution in [0.5, 0.6) is 0 Å². The Hall–Kier alpha value is -0.490. The molecule has 5 nitrogen and oxygen atoms in total. The van der Waals surface area contributed by atoms with Gasteiger partial charge in [0.1, 0.15) is 19.6 Å². The lowest BCUT2D eigenvalue weighted by atomic mass is 10.1. The van der Waals surface area contributed by atoms with Crippen molar-refractivity contribution in [3.63, 3.8) is 0 Å². The van der Waals surface area contributed by atoms with Crippen molar-refractivity contribution in [3.8, 4) is 0 Å². The van der Waals surface area contributed by atoms with E-state index >= 15 is 0 Å². The summed E-state index contributed by atoms with van der Waals surface area (Å²) in [6.07, 6.45) is -12.9. The maximum atomic E-state index is 10.3. The van der Waals surface area contributed by atoms with Crippen LogP contribution < -0.4 is 0 Å². The first-order valence-electron chi connectivity index (χ1n) is 4.29. The van der Waals surface area contributed by atoms with Gasteiger partial charge in [-0.25, -0.2) is 0 Å². The molecule has 60 valence electrons. The number of carbonyl (C=O) groups excluding carboxylic acids is 1. The van der Waals surface area contributed by atoms with E-state index in [1.54, 1.807) is 0 Å². The van der Waals surface area contributed by atoms with Crippen molar-refractivity contribution in [1.82, 2.24) is 0 Å². The number of aldehydes is 1. The summed E-state index contributed by atoms with van der Waals surface area (Å²) in [6.45, 7) is -1.48. The molecule has 0 bridgehead atoms. The molecule has 0 aliphatic heterocycles. The molecule has 0 saturated carbocycles. The third-order valence-electron chi connectivity index (χ3n) is 0.744. The summed E-state index contributed by atoms with van der Waals surface area (Å²) in [4.78, 5) is 10.3. The van der Waals surface area contributed by atoms with Crippen LogP contribution in [0, 0.1) is 0 Å². The van der Waals surface area contributed by atoms with Crippen LogP contribution >= 0.6 is 0 Å². The predicted octanol–water partition coefficient (Wildman–Crippen LogP) is -2.74. The molecule has 0 radical (unpaired) electrons. The van der Waals surface area contributed by atoms with E-state index in [1.165, 1.54) is 0 Å². The molecular formula is C5H10O5. The molecule has 0 amide bonds. The quantitative estimate of drug-likeness (QED) is 0.329. The van der Waals surface area contributed by atoms with Crippen LogP contribution in [0.2, 0.25) is 0 Å². The fraction of sp³-hybridized carbons (Fsp3) is 0.800. The molecule has 5 heteroatoms. The van der Waals surface area contributed by atoms with Crippen LogP contribution in [-0.2, 0) is 4.79 Å². The third-order valence-corrected chi connectivity index (χ3v) is 0.744. The topological polar surface area (TPSA) is 98.0 Å². The normalized spacial score (nSPS) is 34.8. The van der Waals surface area contributed by atoms with E-state index in [0.717, 1.165) is 0 Å². The second kappa shape index (κ2) is 4.35. The number of rotatable bonds is 4. The fourth-order valence-electron chi connectivity index (χ4n) is 0.260. The minimum absolute atomic E-state index is 1.48. The minimum atomic E-state index is -3.73. The van der Waals surface area contributed by atoms with E-state index in [9.17, 15) is 4.79 Å². The van der Waals surface area contributed by atoms with Crippen molar-refractivity contribution in [2.75, 3.05) is 6.61 Å². The van der Waals surface area contributed by atoms with E-state index in [4.69, 9.17) is 25.9 Å². The maximum absolute atomic E-state index is 10.3. The summed E-state index contributed by atoms with van der Waals surface area (Å²) in [6, 6.07) is 0. The molecule has 4 N–H and O–H groups in total. The molecular weight excluding hydrogens is 140 g/mol. The Labute approximate surface area is 63.2 Å². The average molecular weight is 154 g/mol. The number of aliphatic hydroxyl groups excluding tert-OH is 1. The Morgan fingerprint density at radius 3 is 2.40 bits per heavy atom. The Balaban J connectivity index is 5.24. The van der Waals surface area contributed by atoms with Gasteiger partial charge in [0.2, 0.25) is 0 Å². The minimum Gasteiger partial charge on any atom is -0.394 e.